The number of para-hydroxylation sites is 1. The smallest absolute Gasteiger partial charge is 0.172 e. The third-order valence-electron chi connectivity index (χ3n) is 3.77. The number of carbonyl (C=O) groups is 1. The summed E-state index contributed by atoms with van der Waals surface area (Å²) >= 11 is 0. The first-order chi connectivity index (χ1) is 11.8. The summed E-state index contributed by atoms with van der Waals surface area (Å²) in [7, 11) is 1.56. The van der Waals surface area contributed by atoms with Gasteiger partial charge in [-0.3, -0.25) is 4.79 Å². The van der Waals surface area contributed by atoms with Crippen molar-refractivity contribution in [2.24, 2.45) is 0 Å². The van der Waals surface area contributed by atoms with Crippen LogP contribution in [0.4, 0.5) is 0 Å². The molecule has 24 heavy (non-hydrogen) atoms. The minimum atomic E-state index is 0.363. The molecule has 0 aliphatic heterocycles. The first-order valence-corrected chi connectivity index (χ1v) is 7.71. The Labute approximate surface area is 141 Å². The standard InChI is InChI=1S/C21H18O3/c1-23-20-12-6-11-19(14-22)21(20)24-15-16-7-5-10-18(13-16)17-8-3-2-4-9-17/h2-14H,15H2,1H3. The molecule has 3 heteroatoms. The van der Waals surface area contributed by atoms with Gasteiger partial charge in [-0.05, 0) is 34.9 Å². The van der Waals surface area contributed by atoms with Crippen molar-refractivity contribution in [2.45, 2.75) is 6.61 Å². The van der Waals surface area contributed by atoms with Gasteiger partial charge in [-0.1, -0.05) is 54.6 Å². The van der Waals surface area contributed by atoms with Crippen LogP contribution in [0.2, 0.25) is 0 Å². The van der Waals surface area contributed by atoms with Gasteiger partial charge in [0.25, 0.3) is 0 Å². The van der Waals surface area contributed by atoms with Gasteiger partial charge in [0.2, 0.25) is 0 Å². The normalized spacial score (nSPS) is 10.2. The lowest BCUT2D eigenvalue weighted by atomic mass is 10.0. The summed E-state index contributed by atoms with van der Waals surface area (Å²) in [5.74, 6) is 1.03. The van der Waals surface area contributed by atoms with Crippen molar-refractivity contribution in [3.8, 4) is 22.6 Å². The molecule has 0 atom stereocenters. The molecule has 0 fully saturated rings. The van der Waals surface area contributed by atoms with Crippen LogP contribution in [0.1, 0.15) is 15.9 Å². The maximum Gasteiger partial charge on any atom is 0.172 e. The number of hydrogen-bond acceptors (Lipinski definition) is 3. The number of ether oxygens (including phenoxy) is 2. The molecule has 3 aromatic rings. The average Bonchev–Trinajstić information content (AvgIpc) is 2.67. The van der Waals surface area contributed by atoms with E-state index in [1.54, 1.807) is 25.3 Å². The lowest BCUT2D eigenvalue weighted by Gasteiger charge is -2.13. The van der Waals surface area contributed by atoms with Crippen molar-refractivity contribution in [1.29, 1.82) is 0 Å². The monoisotopic (exact) mass is 318 g/mol. The molecule has 0 aliphatic rings. The lowest BCUT2D eigenvalue weighted by molar-refractivity contribution is 0.111. The first-order valence-electron chi connectivity index (χ1n) is 7.71. The molecule has 120 valence electrons. The number of benzene rings is 3. The Kier molecular flexibility index (Phi) is 4.92. The van der Waals surface area contributed by atoms with Crippen molar-refractivity contribution >= 4 is 6.29 Å². The van der Waals surface area contributed by atoms with E-state index in [2.05, 4.69) is 24.3 Å². The van der Waals surface area contributed by atoms with Gasteiger partial charge < -0.3 is 9.47 Å². The van der Waals surface area contributed by atoms with Crippen LogP contribution in [0.25, 0.3) is 11.1 Å². The lowest BCUT2D eigenvalue weighted by Crippen LogP contribution is -2.01. The van der Waals surface area contributed by atoms with Crippen LogP contribution >= 0.6 is 0 Å². The van der Waals surface area contributed by atoms with E-state index in [9.17, 15) is 4.79 Å². The fraction of sp³-hybridized carbons (Fsp3) is 0.0952. The SMILES string of the molecule is COc1cccc(C=O)c1OCc1cccc(-c2ccccc2)c1. The molecule has 0 saturated carbocycles. The molecule has 0 N–H and O–H groups in total. The largest absolute Gasteiger partial charge is 0.493 e. The first kappa shape index (κ1) is 15.8. The Morgan fingerprint density at radius 2 is 1.62 bits per heavy atom. The maximum atomic E-state index is 11.2. The van der Waals surface area contributed by atoms with Gasteiger partial charge in [0.1, 0.15) is 6.61 Å². The minimum absolute atomic E-state index is 0.363. The highest BCUT2D eigenvalue weighted by Gasteiger charge is 2.10. The molecule has 0 amide bonds. The summed E-state index contributed by atoms with van der Waals surface area (Å²) in [5, 5.41) is 0. The summed E-state index contributed by atoms with van der Waals surface area (Å²) in [6, 6.07) is 23.6. The molecule has 3 rings (SSSR count). The van der Waals surface area contributed by atoms with E-state index in [1.165, 1.54) is 0 Å². The van der Waals surface area contributed by atoms with Gasteiger partial charge in [-0.15, -0.1) is 0 Å². The van der Waals surface area contributed by atoms with Gasteiger partial charge in [-0.25, -0.2) is 0 Å². The highest BCUT2D eigenvalue weighted by molar-refractivity contribution is 5.81. The van der Waals surface area contributed by atoms with Crippen LogP contribution < -0.4 is 9.47 Å². The van der Waals surface area contributed by atoms with E-state index in [-0.39, 0.29) is 0 Å². The Morgan fingerprint density at radius 3 is 2.38 bits per heavy atom. The Hall–Kier alpha value is -3.07. The van der Waals surface area contributed by atoms with Crippen LogP contribution in [-0.4, -0.2) is 13.4 Å². The quantitative estimate of drug-likeness (QED) is 0.615. The predicted molar refractivity (Wildman–Crippen MR) is 94.6 cm³/mol. The van der Waals surface area contributed by atoms with Gasteiger partial charge in [0.15, 0.2) is 17.8 Å². The summed E-state index contributed by atoms with van der Waals surface area (Å²) in [6.07, 6.45) is 0.776. The highest BCUT2D eigenvalue weighted by atomic mass is 16.5. The number of methoxy groups -OCH3 is 1. The third-order valence-corrected chi connectivity index (χ3v) is 3.77. The fourth-order valence-electron chi connectivity index (χ4n) is 2.57. The molecule has 0 unspecified atom stereocenters. The fourth-order valence-corrected chi connectivity index (χ4v) is 2.57. The highest BCUT2D eigenvalue weighted by Crippen LogP contribution is 2.31. The molecule has 0 aromatic heterocycles. The molecule has 3 aromatic carbocycles. The number of hydrogen-bond donors (Lipinski definition) is 0. The predicted octanol–water partition coefficient (Wildman–Crippen LogP) is 4.75. The van der Waals surface area contributed by atoms with Crippen LogP contribution in [0.5, 0.6) is 11.5 Å². The van der Waals surface area contributed by atoms with Crippen LogP contribution in [0.3, 0.4) is 0 Å². The molecule has 0 radical (unpaired) electrons. The van der Waals surface area contributed by atoms with Crippen molar-refractivity contribution in [1.82, 2.24) is 0 Å². The van der Waals surface area contributed by atoms with E-state index < -0.39 is 0 Å². The number of aldehydes is 1. The van der Waals surface area contributed by atoms with Crippen molar-refractivity contribution in [2.75, 3.05) is 7.11 Å². The maximum absolute atomic E-state index is 11.2. The molecular formula is C21H18O3. The Morgan fingerprint density at radius 1 is 0.875 bits per heavy atom. The average molecular weight is 318 g/mol. The second-order valence-corrected chi connectivity index (χ2v) is 5.35. The van der Waals surface area contributed by atoms with E-state index in [0.717, 1.165) is 23.0 Å². The molecule has 0 saturated heterocycles. The molecule has 0 heterocycles. The van der Waals surface area contributed by atoms with Crippen LogP contribution in [0, 0.1) is 0 Å². The van der Waals surface area contributed by atoms with Gasteiger partial charge in [0, 0.05) is 0 Å². The molecule has 3 nitrogen and oxygen atoms in total. The number of rotatable bonds is 6. The summed E-state index contributed by atoms with van der Waals surface area (Å²) in [4.78, 5) is 11.2. The zero-order valence-electron chi connectivity index (χ0n) is 13.4. The molecule has 0 bridgehead atoms. The Balaban J connectivity index is 1.82. The summed E-state index contributed by atoms with van der Waals surface area (Å²) in [6.45, 7) is 0.363. The van der Waals surface area contributed by atoms with Crippen molar-refractivity contribution in [3.05, 3.63) is 83.9 Å². The van der Waals surface area contributed by atoms with E-state index >= 15 is 0 Å². The van der Waals surface area contributed by atoms with Gasteiger partial charge in [0.05, 0.1) is 12.7 Å². The Bertz CT molecular complexity index is 825. The van der Waals surface area contributed by atoms with Gasteiger partial charge >= 0.3 is 0 Å². The summed E-state index contributed by atoms with van der Waals surface area (Å²) < 4.78 is 11.2. The second kappa shape index (κ2) is 7.47. The second-order valence-electron chi connectivity index (χ2n) is 5.35. The van der Waals surface area contributed by atoms with Crippen LogP contribution in [0.15, 0.2) is 72.8 Å². The molecule has 0 aliphatic carbocycles. The van der Waals surface area contributed by atoms with Crippen molar-refractivity contribution in [3.63, 3.8) is 0 Å². The zero-order chi connectivity index (χ0) is 16.8. The van der Waals surface area contributed by atoms with E-state index in [4.69, 9.17) is 9.47 Å². The zero-order valence-corrected chi connectivity index (χ0v) is 13.4. The van der Waals surface area contributed by atoms with E-state index in [0.29, 0.717) is 23.7 Å². The minimum Gasteiger partial charge on any atom is -0.493 e. The van der Waals surface area contributed by atoms with E-state index in [1.807, 2.05) is 30.3 Å². The van der Waals surface area contributed by atoms with Crippen LogP contribution in [-0.2, 0) is 6.61 Å². The number of carbonyl (C=O) groups excluding carboxylic acids is 1. The molecular weight excluding hydrogens is 300 g/mol. The summed E-state index contributed by atoms with van der Waals surface area (Å²) in [5.41, 5.74) is 3.80. The third kappa shape index (κ3) is 3.46. The topological polar surface area (TPSA) is 35.5 Å². The molecule has 0 spiro atoms. The van der Waals surface area contributed by atoms with Crippen molar-refractivity contribution < 1.29 is 14.3 Å². The van der Waals surface area contributed by atoms with Gasteiger partial charge in [-0.2, -0.15) is 0 Å².